The molecular weight excluding hydrogens is 261 g/mol. The lowest BCUT2D eigenvalue weighted by Crippen LogP contribution is -2.06. The van der Waals surface area contributed by atoms with Gasteiger partial charge in [0.2, 0.25) is 0 Å². The van der Waals surface area contributed by atoms with Crippen LogP contribution in [0.5, 0.6) is 0 Å². The van der Waals surface area contributed by atoms with E-state index in [4.69, 9.17) is 33.7 Å². The van der Waals surface area contributed by atoms with E-state index in [0.717, 1.165) is 32.4 Å². The number of unbranched alkanes of at least 4 members (excludes halogenated alkanes) is 2. The van der Waals surface area contributed by atoms with Crippen LogP contribution in [-0.4, -0.2) is 25.2 Å². The fraction of sp³-hybridized carbons (Fsp3) is 0.545. The van der Waals surface area contributed by atoms with Crippen LogP contribution in [0.3, 0.4) is 0 Å². The van der Waals surface area contributed by atoms with E-state index >= 15 is 0 Å². The van der Waals surface area contributed by atoms with E-state index in [9.17, 15) is 0 Å². The van der Waals surface area contributed by atoms with Crippen molar-refractivity contribution in [2.45, 2.75) is 19.3 Å². The van der Waals surface area contributed by atoms with Crippen LogP contribution in [0.4, 0.5) is 11.6 Å². The quantitative estimate of drug-likeness (QED) is 0.752. The van der Waals surface area contributed by atoms with Gasteiger partial charge in [-0.2, -0.15) is 0 Å². The van der Waals surface area contributed by atoms with Crippen molar-refractivity contribution in [1.29, 1.82) is 0 Å². The Bertz CT molecular complexity index is 361. The summed E-state index contributed by atoms with van der Waals surface area (Å²) in [6.45, 7) is 1.60. The predicted molar refractivity (Wildman–Crippen MR) is 72.9 cm³/mol. The molecule has 0 aromatic carbocycles. The van der Waals surface area contributed by atoms with Gasteiger partial charge in [-0.15, -0.1) is 0 Å². The largest absolute Gasteiger partial charge is 0.385 e. The molecule has 1 aromatic heterocycles. The number of nitrogens with two attached hydrogens (primary N) is 1. The summed E-state index contributed by atoms with van der Waals surface area (Å²) in [5.74, 6) is 0.873. The van der Waals surface area contributed by atoms with Crippen molar-refractivity contribution in [1.82, 2.24) is 4.98 Å². The van der Waals surface area contributed by atoms with Crippen molar-refractivity contribution in [2.24, 2.45) is 0 Å². The predicted octanol–water partition coefficient (Wildman–Crippen LogP) is 3.20. The molecule has 0 radical (unpaired) electrons. The lowest BCUT2D eigenvalue weighted by atomic mass is 10.2. The average Bonchev–Trinajstić information content (AvgIpc) is 2.30. The molecule has 0 amide bonds. The summed E-state index contributed by atoms with van der Waals surface area (Å²) in [6.07, 6.45) is 3.19. The monoisotopic (exact) mass is 277 g/mol. The summed E-state index contributed by atoms with van der Waals surface area (Å²) in [6, 6.07) is 1.60. The van der Waals surface area contributed by atoms with Gasteiger partial charge in [0.05, 0.1) is 10.0 Å². The molecule has 0 aliphatic rings. The van der Waals surface area contributed by atoms with Crippen molar-refractivity contribution in [3.05, 3.63) is 16.1 Å². The highest BCUT2D eigenvalue weighted by molar-refractivity contribution is 6.37. The lowest BCUT2D eigenvalue weighted by Gasteiger charge is -2.08. The zero-order valence-electron chi connectivity index (χ0n) is 9.80. The summed E-state index contributed by atoms with van der Waals surface area (Å²) >= 11 is 11.8. The molecule has 0 saturated heterocycles. The average molecular weight is 278 g/mol. The van der Waals surface area contributed by atoms with Crippen LogP contribution >= 0.6 is 23.2 Å². The Hall–Kier alpha value is -0.710. The Morgan fingerprint density at radius 2 is 2.06 bits per heavy atom. The molecule has 0 saturated carbocycles. The molecule has 96 valence electrons. The number of nitrogens with zero attached hydrogens (tertiary/aromatic N) is 1. The highest BCUT2D eigenvalue weighted by atomic mass is 35.5. The first-order valence-corrected chi connectivity index (χ1v) is 6.25. The SMILES string of the molecule is COCCCCCNc1nc(N)c(Cl)cc1Cl. The number of nitrogen functional groups attached to an aromatic ring is 1. The number of ether oxygens (including phenoxy) is 1. The van der Waals surface area contributed by atoms with Crippen molar-refractivity contribution in [2.75, 3.05) is 31.3 Å². The molecule has 1 aromatic rings. The van der Waals surface area contributed by atoms with Crippen LogP contribution in [-0.2, 0) is 4.74 Å². The van der Waals surface area contributed by atoms with E-state index < -0.39 is 0 Å². The molecule has 4 nitrogen and oxygen atoms in total. The third-order valence-corrected chi connectivity index (χ3v) is 2.87. The Labute approximate surface area is 111 Å². The molecule has 0 unspecified atom stereocenters. The van der Waals surface area contributed by atoms with Gasteiger partial charge in [-0.25, -0.2) is 4.98 Å². The molecule has 0 spiro atoms. The molecule has 3 N–H and O–H groups in total. The fourth-order valence-electron chi connectivity index (χ4n) is 1.36. The van der Waals surface area contributed by atoms with Gasteiger partial charge in [0, 0.05) is 20.3 Å². The molecule has 17 heavy (non-hydrogen) atoms. The van der Waals surface area contributed by atoms with Gasteiger partial charge in [-0.3, -0.25) is 0 Å². The molecule has 0 fully saturated rings. The number of hydrogen-bond donors (Lipinski definition) is 2. The maximum Gasteiger partial charge on any atom is 0.147 e. The van der Waals surface area contributed by atoms with Crippen molar-refractivity contribution < 1.29 is 4.74 Å². The summed E-state index contributed by atoms with van der Waals surface area (Å²) in [7, 11) is 1.71. The Kier molecular flexibility index (Phi) is 6.40. The summed E-state index contributed by atoms with van der Waals surface area (Å²) < 4.78 is 4.97. The molecule has 6 heteroatoms. The minimum absolute atomic E-state index is 0.290. The van der Waals surface area contributed by atoms with Gasteiger partial charge in [0.25, 0.3) is 0 Å². The number of nitrogens with one attached hydrogen (secondary N) is 1. The van der Waals surface area contributed by atoms with Crippen LogP contribution in [0.25, 0.3) is 0 Å². The standard InChI is InChI=1S/C11H17Cl2N3O/c1-17-6-4-2-3-5-15-11-9(13)7-8(12)10(14)16-11/h7H,2-6H2,1H3,(H3,14,15,16). The van der Waals surface area contributed by atoms with Crippen molar-refractivity contribution in [3.8, 4) is 0 Å². The number of rotatable bonds is 7. The normalized spacial score (nSPS) is 10.5. The minimum Gasteiger partial charge on any atom is -0.385 e. The van der Waals surface area contributed by atoms with E-state index in [-0.39, 0.29) is 5.82 Å². The number of pyridine rings is 1. The second kappa shape index (κ2) is 7.58. The smallest absolute Gasteiger partial charge is 0.147 e. The Balaban J connectivity index is 2.34. The van der Waals surface area contributed by atoms with E-state index in [2.05, 4.69) is 10.3 Å². The molecule has 0 aliphatic carbocycles. The number of aromatic nitrogens is 1. The topological polar surface area (TPSA) is 60.2 Å². The van der Waals surface area contributed by atoms with Crippen LogP contribution in [0.15, 0.2) is 6.07 Å². The maximum absolute atomic E-state index is 5.98. The van der Waals surface area contributed by atoms with Crippen LogP contribution in [0, 0.1) is 0 Å². The highest BCUT2D eigenvalue weighted by Gasteiger charge is 2.06. The van der Waals surface area contributed by atoms with Gasteiger partial charge in [-0.1, -0.05) is 23.2 Å². The zero-order chi connectivity index (χ0) is 12.7. The summed E-state index contributed by atoms with van der Waals surface area (Å²) in [4.78, 5) is 4.08. The van der Waals surface area contributed by atoms with E-state index in [1.165, 1.54) is 0 Å². The first-order valence-electron chi connectivity index (χ1n) is 5.49. The molecule has 0 bridgehead atoms. The number of hydrogen-bond acceptors (Lipinski definition) is 4. The van der Waals surface area contributed by atoms with Gasteiger partial charge < -0.3 is 15.8 Å². The second-order valence-corrected chi connectivity index (χ2v) is 4.48. The van der Waals surface area contributed by atoms with E-state index in [1.54, 1.807) is 13.2 Å². The van der Waals surface area contributed by atoms with Crippen LogP contribution < -0.4 is 11.1 Å². The van der Waals surface area contributed by atoms with Gasteiger partial charge >= 0.3 is 0 Å². The van der Waals surface area contributed by atoms with Crippen molar-refractivity contribution in [3.63, 3.8) is 0 Å². The number of anilines is 2. The fourth-order valence-corrected chi connectivity index (χ4v) is 1.79. The van der Waals surface area contributed by atoms with Gasteiger partial charge in [-0.05, 0) is 25.3 Å². The summed E-state index contributed by atoms with van der Waals surface area (Å²) in [5.41, 5.74) is 5.60. The number of methoxy groups -OCH3 is 1. The first-order chi connectivity index (χ1) is 8.15. The van der Waals surface area contributed by atoms with Gasteiger partial charge in [0.1, 0.15) is 11.6 Å². The molecule has 0 aliphatic heterocycles. The molecular formula is C11H17Cl2N3O. The number of halogens is 2. The molecule has 1 rings (SSSR count). The summed E-state index contributed by atoms with van der Waals surface area (Å²) in [5, 5.41) is 4.00. The highest BCUT2D eigenvalue weighted by Crippen LogP contribution is 2.27. The Morgan fingerprint density at radius 3 is 2.76 bits per heavy atom. The third-order valence-electron chi connectivity index (χ3n) is 2.27. The van der Waals surface area contributed by atoms with E-state index in [1.807, 2.05) is 0 Å². The first kappa shape index (κ1) is 14.4. The molecule has 0 atom stereocenters. The van der Waals surface area contributed by atoms with Crippen LogP contribution in [0.2, 0.25) is 10.0 Å². The third kappa shape index (κ3) is 4.98. The maximum atomic E-state index is 5.98. The minimum atomic E-state index is 0.290. The van der Waals surface area contributed by atoms with Crippen molar-refractivity contribution >= 4 is 34.8 Å². The Morgan fingerprint density at radius 1 is 1.29 bits per heavy atom. The molecule has 1 heterocycles. The zero-order valence-corrected chi connectivity index (χ0v) is 11.3. The van der Waals surface area contributed by atoms with Crippen LogP contribution in [0.1, 0.15) is 19.3 Å². The lowest BCUT2D eigenvalue weighted by molar-refractivity contribution is 0.192. The van der Waals surface area contributed by atoms with E-state index in [0.29, 0.717) is 15.9 Å². The second-order valence-electron chi connectivity index (χ2n) is 3.67. The van der Waals surface area contributed by atoms with Gasteiger partial charge in [0.15, 0.2) is 0 Å².